The van der Waals surface area contributed by atoms with Gasteiger partial charge in [0.25, 0.3) is 20.2 Å². The van der Waals surface area contributed by atoms with Crippen LogP contribution in [0.25, 0.3) is 0 Å². The van der Waals surface area contributed by atoms with Gasteiger partial charge in [-0.2, -0.15) is 21.1 Å². The molecule has 1 rings (SSSR count). The Bertz CT molecular complexity index is 750. The van der Waals surface area contributed by atoms with Crippen molar-refractivity contribution >= 4 is 30.3 Å². The molecule has 162 valence electrons. The second-order valence-electron chi connectivity index (χ2n) is 7.21. The summed E-state index contributed by atoms with van der Waals surface area (Å²) < 4.78 is 85.5. The fourth-order valence-electron chi connectivity index (χ4n) is 2.88. The molecule has 1 unspecified atom stereocenters. The molecule has 0 aromatic heterocycles. The Kier molecular flexibility index (Phi) is 8.66. The van der Waals surface area contributed by atoms with Gasteiger partial charge in [0, 0.05) is 6.54 Å². The summed E-state index contributed by atoms with van der Waals surface area (Å²) in [6, 6.07) is 0. The van der Waals surface area contributed by atoms with E-state index in [0.717, 1.165) is 0 Å². The van der Waals surface area contributed by atoms with Crippen LogP contribution in [0.5, 0.6) is 0 Å². The van der Waals surface area contributed by atoms with Crippen LogP contribution in [0.4, 0.5) is 0 Å². The number of hydrogen-bond acceptors (Lipinski definition) is 7. The molecule has 0 radical (unpaired) electrons. The normalized spacial score (nSPS) is 21.4. The molecule has 13 heteroatoms. The van der Waals surface area contributed by atoms with E-state index in [-0.39, 0.29) is 11.5 Å². The highest BCUT2D eigenvalue weighted by Gasteiger charge is 2.62. The smallest absolute Gasteiger partial charge is 0.264 e. The van der Waals surface area contributed by atoms with Gasteiger partial charge < -0.3 is 4.90 Å². The molecule has 1 aliphatic rings. The van der Waals surface area contributed by atoms with Crippen LogP contribution in [-0.2, 0) is 30.3 Å². The first kappa shape index (κ1) is 24.7. The standard InChI is InChI=1S/C14H30N2O8S3/c1-14(2)16(27(14,23)24)11-7-10-15(8-3-5-12-25(17,18)19)9-4-6-13-26(20,21)22/h3-13H2,1-2H3,(H,17,18,19)(H,20,21,22). The molecule has 0 aliphatic carbocycles. The van der Waals surface area contributed by atoms with E-state index < -0.39 is 35.1 Å². The zero-order valence-corrected chi connectivity index (χ0v) is 18.2. The van der Waals surface area contributed by atoms with E-state index in [0.29, 0.717) is 58.3 Å². The van der Waals surface area contributed by atoms with Gasteiger partial charge in [0.1, 0.15) is 4.87 Å². The van der Waals surface area contributed by atoms with Crippen molar-refractivity contribution < 1.29 is 34.4 Å². The number of rotatable bonds is 14. The molecule has 0 aromatic carbocycles. The second kappa shape index (κ2) is 9.46. The molecule has 1 aliphatic heterocycles. The van der Waals surface area contributed by atoms with Gasteiger partial charge in [0.2, 0.25) is 10.0 Å². The summed E-state index contributed by atoms with van der Waals surface area (Å²) in [5.41, 5.74) is 0. The highest BCUT2D eigenvalue weighted by molar-refractivity contribution is 7.96. The fourth-order valence-corrected chi connectivity index (χ4v) is 5.63. The molecule has 10 nitrogen and oxygen atoms in total. The van der Waals surface area contributed by atoms with E-state index in [1.165, 1.54) is 4.31 Å². The monoisotopic (exact) mass is 450 g/mol. The van der Waals surface area contributed by atoms with Crippen LogP contribution in [0.3, 0.4) is 0 Å². The van der Waals surface area contributed by atoms with Crippen molar-refractivity contribution in [1.29, 1.82) is 0 Å². The quantitative estimate of drug-likeness (QED) is 0.218. The predicted octanol–water partition coefficient (Wildman–Crippen LogP) is 0.396. The van der Waals surface area contributed by atoms with Crippen LogP contribution < -0.4 is 0 Å². The maximum Gasteiger partial charge on any atom is 0.264 e. The molecule has 27 heavy (non-hydrogen) atoms. The minimum absolute atomic E-state index is 0.299. The number of unbranched alkanes of at least 4 members (excludes halogenated alkanes) is 2. The highest BCUT2D eigenvalue weighted by atomic mass is 32.2. The summed E-state index contributed by atoms with van der Waals surface area (Å²) in [5.74, 6) is -0.631. The van der Waals surface area contributed by atoms with E-state index in [2.05, 4.69) is 0 Å². The molecule has 0 amide bonds. The van der Waals surface area contributed by atoms with Gasteiger partial charge in [-0.25, -0.2) is 8.42 Å². The minimum atomic E-state index is -3.99. The zero-order chi connectivity index (χ0) is 20.9. The highest BCUT2D eigenvalue weighted by Crippen LogP contribution is 2.42. The molecule has 2 N–H and O–H groups in total. The maximum absolute atomic E-state index is 11.8. The lowest BCUT2D eigenvalue weighted by Crippen LogP contribution is -2.29. The van der Waals surface area contributed by atoms with Gasteiger partial charge in [-0.1, -0.05) is 0 Å². The van der Waals surface area contributed by atoms with Crippen LogP contribution in [0, 0.1) is 0 Å². The van der Waals surface area contributed by atoms with E-state index in [9.17, 15) is 25.3 Å². The van der Waals surface area contributed by atoms with Crippen LogP contribution in [0.2, 0.25) is 0 Å². The third-order valence-corrected chi connectivity index (χ3v) is 8.72. The van der Waals surface area contributed by atoms with Crippen molar-refractivity contribution in [3.63, 3.8) is 0 Å². The van der Waals surface area contributed by atoms with Crippen LogP contribution >= 0.6 is 0 Å². The summed E-state index contributed by atoms with van der Waals surface area (Å²) in [6.07, 6.45) is 2.26. The van der Waals surface area contributed by atoms with Crippen LogP contribution in [0.1, 0.15) is 46.0 Å². The SMILES string of the molecule is CC1(C)N(CCCN(CCCCS(=O)(=O)O)CCCCS(=O)(=O)O)S1(=O)=O. The van der Waals surface area contributed by atoms with Crippen molar-refractivity contribution in [2.45, 2.75) is 50.8 Å². The van der Waals surface area contributed by atoms with Gasteiger partial charge in [0.05, 0.1) is 11.5 Å². The van der Waals surface area contributed by atoms with Crippen molar-refractivity contribution in [3.05, 3.63) is 0 Å². The Morgan fingerprint density at radius 3 is 1.52 bits per heavy atom. The number of nitrogens with zero attached hydrogens (tertiary/aromatic N) is 2. The molecule has 1 atom stereocenters. The Morgan fingerprint density at radius 1 is 0.815 bits per heavy atom. The molecule has 0 saturated carbocycles. The summed E-state index contributed by atoms with van der Waals surface area (Å²) in [7, 11) is -11.2. The molecular weight excluding hydrogens is 420 g/mol. The van der Waals surface area contributed by atoms with Crippen molar-refractivity contribution in [2.75, 3.05) is 37.7 Å². The maximum atomic E-state index is 11.8. The molecule has 0 bridgehead atoms. The lowest BCUT2D eigenvalue weighted by atomic mass is 10.2. The van der Waals surface area contributed by atoms with Gasteiger partial charge in [-0.05, 0) is 65.6 Å². The Hall–Kier alpha value is -0.310. The number of sulfonamides is 1. The average Bonchev–Trinajstić information content (AvgIpc) is 2.87. The minimum Gasteiger partial charge on any atom is -0.303 e. The predicted molar refractivity (Wildman–Crippen MR) is 102 cm³/mol. The Balaban J connectivity index is 2.41. The summed E-state index contributed by atoms with van der Waals surface area (Å²) in [4.78, 5) is 1.18. The number of hydrogen-bond donors (Lipinski definition) is 2. The third kappa shape index (κ3) is 8.71. The lowest BCUT2D eigenvalue weighted by Gasteiger charge is -2.22. The van der Waals surface area contributed by atoms with E-state index >= 15 is 0 Å². The van der Waals surface area contributed by atoms with Crippen molar-refractivity contribution in [1.82, 2.24) is 9.21 Å². The fraction of sp³-hybridized carbons (Fsp3) is 1.00. The molecule has 1 heterocycles. The summed E-state index contributed by atoms with van der Waals surface area (Å²) >= 11 is 0. The molecular formula is C14H30N2O8S3. The first-order valence-electron chi connectivity index (χ1n) is 8.82. The van der Waals surface area contributed by atoms with E-state index in [4.69, 9.17) is 9.11 Å². The van der Waals surface area contributed by atoms with Gasteiger partial charge in [0.15, 0.2) is 0 Å². The van der Waals surface area contributed by atoms with Gasteiger partial charge in [-0.15, -0.1) is 0 Å². The van der Waals surface area contributed by atoms with E-state index in [1.807, 2.05) is 4.90 Å². The Labute approximate surface area is 162 Å². The average molecular weight is 451 g/mol. The lowest BCUT2D eigenvalue weighted by molar-refractivity contribution is 0.254. The first-order valence-corrected chi connectivity index (χ1v) is 13.5. The molecule has 0 aromatic rings. The van der Waals surface area contributed by atoms with Crippen LogP contribution in [0.15, 0.2) is 0 Å². The van der Waals surface area contributed by atoms with Crippen LogP contribution in [-0.4, -0.2) is 86.1 Å². The largest absolute Gasteiger partial charge is 0.303 e. The second-order valence-corrected chi connectivity index (χ2v) is 12.7. The topological polar surface area (TPSA) is 149 Å². The summed E-state index contributed by atoms with van der Waals surface area (Å²) in [6.45, 7) is 5.37. The third-order valence-electron chi connectivity index (χ3n) is 4.58. The summed E-state index contributed by atoms with van der Waals surface area (Å²) in [5, 5.41) is 0. The van der Waals surface area contributed by atoms with Crippen molar-refractivity contribution in [2.24, 2.45) is 0 Å². The van der Waals surface area contributed by atoms with E-state index in [1.54, 1.807) is 13.8 Å². The van der Waals surface area contributed by atoms with Gasteiger partial charge >= 0.3 is 0 Å². The Morgan fingerprint density at radius 2 is 1.19 bits per heavy atom. The first-order chi connectivity index (χ1) is 12.2. The molecule has 1 fully saturated rings. The molecule has 1 saturated heterocycles. The van der Waals surface area contributed by atoms with Crippen molar-refractivity contribution in [3.8, 4) is 0 Å². The van der Waals surface area contributed by atoms with Gasteiger partial charge in [-0.3, -0.25) is 9.11 Å². The zero-order valence-electron chi connectivity index (χ0n) is 15.7. The molecule has 0 spiro atoms.